The fourth-order valence-electron chi connectivity index (χ4n) is 3.30. The van der Waals surface area contributed by atoms with E-state index in [-0.39, 0.29) is 0 Å². The molecule has 1 heterocycles. The summed E-state index contributed by atoms with van der Waals surface area (Å²) in [6.07, 6.45) is 10.6. The fraction of sp³-hybridized carbons (Fsp3) is 1.00. The number of hydrogen-bond acceptors (Lipinski definition) is 3. The highest BCUT2D eigenvalue weighted by Crippen LogP contribution is 2.31. The molecule has 16 heavy (non-hydrogen) atoms. The van der Waals surface area contributed by atoms with Crippen LogP contribution in [0.5, 0.6) is 0 Å². The van der Waals surface area contributed by atoms with E-state index in [9.17, 15) is 0 Å². The lowest BCUT2D eigenvalue weighted by atomic mass is 9.93. The first-order valence-electron chi connectivity index (χ1n) is 6.87. The first kappa shape index (κ1) is 12.7. The summed E-state index contributed by atoms with van der Waals surface area (Å²) >= 11 is 1.96. The summed E-state index contributed by atoms with van der Waals surface area (Å²) in [6.45, 7) is 2.47. The second kappa shape index (κ2) is 6.87. The lowest BCUT2D eigenvalue weighted by Crippen LogP contribution is -2.42. The summed E-state index contributed by atoms with van der Waals surface area (Å²) in [4.78, 5) is 0. The van der Waals surface area contributed by atoms with E-state index in [0.29, 0.717) is 0 Å². The lowest BCUT2D eigenvalue weighted by molar-refractivity contribution is 0.322. The van der Waals surface area contributed by atoms with Crippen molar-refractivity contribution in [3.8, 4) is 0 Å². The zero-order valence-electron chi connectivity index (χ0n) is 10.5. The summed E-state index contributed by atoms with van der Waals surface area (Å²) in [6, 6.07) is 1.62. The Morgan fingerprint density at radius 3 is 2.94 bits per heavy atom. The van der Waals surface area contributed by atoms with Gasteiger partial charge in [-0.15, -0.1) is 0 Å². The van der Waals surface area contributed by atoms with Gasteiger partial charge in [0, 0.05) is 12.1 Å². The van der Waals surface area contributed by atoms with Gasteiger partial charge in [0.15, 0.2) is 0 Å². The molecule has 2 aliphatic rings. The van der Waals surface area contributed by atoms with Crippen LogP contribution in [-0.2, 0) is 0 Å². The number of hydrogen-bond donors (Lipinski definition) is 2. The molecule has 94 valence electrons. The zero-order valence-corrected chi connectivity index (χ0v) is 11.3. The van der Waals surface area contributed by atoms with E-state index in [4.69, 9.17) is 0 Å². The van der Waals surface area contributed by atoms with Crippen LogP contribution in [0.1, 0.15) is 38.5 Å². The van der Waals surface area contributed by atoms with Gasteiger partial charge in [-0.1, -0.05) is 6.42 Å². The van der Waals surface area contributed by atoms with Crippen LogP contribution in [0.2, 0.25) is 0 Å². The van der Waals surface area contributed by atoms with Gasteiger partial charge in [-0.25, -0.2) is 0 Å². The van der Waals surface area contributed by atoms with Crippen molar-refractivity contribution in [3.05, 3.63) is 0 Å². The number of nitrogens with one attached hydrogen (secondary N) is 2. The maximum Gasteiger partial charge on any atom is 0.0111 e. The first-order chi connectivity index (χ1) is 7.92. The summed E-state index contributed by atoms with van der Waals surface area (Å²) in [5, 5.41) is 7.48. The molecule has 3 atom stereocenters. The summed E-state index contributed by atoms with van der Waals surface area (Å²) in [5.41, 5.74) is 0. The van der Waals surface area contributed by atoms with Crippen LogP contribution >= 0.6 is 11.8 Å². The molecule has 1 saturated heterocycles. The van der Waals surface area contributed by atoms with Gasteiger partial charge in [0.25, 0.3) is 0 Å². The third-order valence-electron chi connectivity index (χ3n) is 4.12. The highest BCUT2D eigenvalue weighted by atomic mass is 32.2. The predicted octanol–water partition coefficient (Wildman–Crippen LogP) is 2.25. The molecule has 3 heteroatoms. The molecule has 0 amide bonds. The molecule has 1 aliphatic heterocycles. The Hall–Kier alpha value is 0.270. The zero-order chi connectivity index (χ0) is 11.2. The Balaban J connectivity index is 1.70. The van der Waals surface area contributed by atoms with Crippen molar-refractivity contribution in [1.82, 2.24) is 10.6 Å². The van der Waals surface area contributed by atoms with E-state index < -0.39 is 0 Å². The van der Waals surface area contributed by atoms with Gasteiger partial charge >= 0.3 is 0 Å². The Kier molecular flexibility index (Phi) is 5.46. The third-order valence-corrected chi connectivity index (χ3v) is 4.81. The Morgan fingerprint density at radius 2 is 2.19 bits per heavy atom. The Morgan fingerprint density at radius 1 is 1.25 bits per heavy atom. The quantitative estimate of drug-likeness (QED) is 0.699. The van der Waals surface area contributed by atoms with Gasteiger partial charge in [-0.05, 0) is 63.1 Å². The topological polar surface area (TPSA) is 24.1 Å². The minimum atomic E-state index is 0.803. The van der Waals surface area contributed by atoms with Crippen LogP contribution in [-0.4, -0.2) is 37.2 Å². The highest BCUT2D eigenvalue weighted by Gasteiger charge is 2.34. The summed E-state index contributed by atoms with van der Waals surface area (Å²) in [5.74, 6) is 2.21. The van der Waals surface area contributed by atoms with Crippen molar-refractivity contribution in [2.45, 2.75) is 50.6 Å². The van der Waals surface area contributed by atoms with Crippen molar-refractivity contribution in [2.24, 2.45) is 5.92 Å². The van der Waals surface area contributed by atoms with Crippen molar-refractivity contribution in [3.63, 3.8) is 0 Å². The molecule has 0 aromatic carbocycles. The second-order valence-corrected chi connectivity index (χ2v) is 6.19. The monoisotopic (exact) mass is 242 g/mol. The van der Waals surface area contributed by atoms with Gasteiger partial charge in [-0.2, -0.15) is 11.8 Å². The summed E-state index contributed by atoms with van der Waals surface area (Å²) < 4.78 is 0. The molecular formula is C13H26N2S. The minimum Gasteiger partial charge on any atom is -0.314 e. The molecule has 0 aromatic rings. The van der Waals surface area contributed by atoms with Crippen LogP contribution in [0.25, 0.3) is 0 Å². The highest BCUT2D eigenvalue weighted by molar-refractivity contribution is 7.98. The summed E-state index contributed by atoms with van der Waals surface area (Å²) in [7, 11) is 0. The first-order valence-corrected chi connectivity index (χ1v) is 8.27. The second-order valence-electron chi connectivity index (χ2n) is 5.20. The predicted molar refractivity (Wildman–Crippen MR) is 73.2 cm³/mol. The van der Waals surface area contributed by atoms with Crippen molar-refractivity contribution >= 4 is 11.8 Å². The normalized spacial score (nSPS) is 34.7. The smallest absolute Gasteiger partial charge is 0.0111 e. The van der Waals surface area contributed by atoms with Gasteiger partial charge in [0.1, 0.15) is 0 Å². The maximum absolute atomic E-state index is 3.79. The Bertz CT molecular complexity index is 192. The van der Waals surface area contributed by atoms with E-state index in [2.05, 4.69) is 16.9 Å². The van der Waals surface area contributed by atoms with E-state index >= 15 is 0 Å². The molecular weight excluding hydrogens is 216 g/mol. The van der Waals surface area contributed by atoms with Crippen LogP contribution in [0.15, 0.2) is 0 Å². The van der Waals surface area contributed by atoms with E-state index in [1.54, 1.807) is 0 Å². The molecule has 2 nitrogen and oxygen atoms in total. The number of thioether (sulfide) groups is 1. The van der Waals surface area contributed by atoms with E-state index in [0.717, 1.165) is 18.0 Å². The largest absolute Gasteiger partial charge is 0.314 e. The SMILES string of the molecule is CSCCCNC1CCCC1C1CCCN1. The third kappa shape index (κ3) is 3.38. The van der Waals surface area contributed by atoms with Crippen molar-refractivity contribution in [1.29, 1.82) is 0 Å². The molecule has 1 aliphatic carbocycles. The molecule has 0 bridgehead atoms. The molecule has 3 unspecified atom stereocenters. The standard InChI is InChI=1S/C13H26N2S/c1-16-10-4-9-15-12-6-2-5-11(12)13-7-3-8-14-13/h11-15H,2-10H2,1H3. The molecule has 1 saturated carbocycles. The molecule has 2 N–H and O–H groups in total. The average molecular weight is 242 g/mol. The van der Waals surface area contributed by atoms with Gasteiger partial charge in [-0.3, -0.25) is 0 Å². The fourth-order valence-corrected chi connectivity index (χ4v) is 3.74. The van der Waals surface area contributed by atoms with Gasteiger partial charge in [0.2, 0.25) is 0 Å². The van der Waals surface area contributed by atoms with Crippen molar-refractivity contribution < 1.29 is 0 Å². The van der Waals surface area contributed by atoms with E-state index in [1.165, 1.54) is 57.4 Å². The molecule has 0 aromatic heterocycles. The van der Waals surface area contributed by atoms with Crippen LogP contribution in [0.3, 0.4) is 0 Å². The number of rotatable bonds is 6. The average Bonchev–Trinajstić information content (AvgIpc) is 2.94. The molecule has 0 spiro atoms. The minimum absolute atomic E-state index is 0.803. The maximum atomic E-state index is 3.79. The lowest BCUT2D eigenvalue weighted by Gasteiger charge is -2.26. The molecule has 2 fully saturated rings. The Labute approximate surface area is 104 Å². The van der Waals surface area contributed by atoms with Crippen LogP contribution in [0.4, 0.5) is 0 Å². The van der Waals surface area contributed by atoms with E-state index in [1.807, 2.05) is 11.8 Å². The van der Waals surface area contributed by atoms with Crippen LogP contribution < -0.4 is 10.6 Å². The van der Waals surface area contributed by atoms with Gasteiger partial charge in [0.05, 0.1) is 0 Å². The molecule has 0 radical (unpaired) electrons. The van der Waals surface area contributed by atoms with Crippen LogP contribution in [0, 0.1) is 5.92 Å². The van der Waals surface area contributed by atoms with Gasteiger partial charge < -0.3 is 10.6 Å². The van der Waals surface area contributed by atoms with Crippen molar-refractivity contribution in [2.75, 3.05) is 25.1 Å². The molecule has 2 rings (SSSR count).